The Morgan fingerprint density at radius 1 is 1.42 bits per heavy atom. The van der Waals surface area contributed by atoms with Gasteiger partial charge in [-0.05, 0) is 13.0 Å². The van der Waals surface area contributed by atoms with Crippen LogP contribution in [0.2, 0.25) is 0 Å². The number of nitrogens with one attached hydrogen (secondary N) is 1. The third-order valence-electron chi connectivity index (χ3n) is 1.80. The summed E-state index contributed by atoms with van der Waals surface area (Å²) in [5.74, 6) is 0. The Hall–Kier alpha value is -0.960. The summed E-state index contributed by atoms with van der Waals surface area (Å²) < 4.78 is 0. The first-order valence-corrected chi connectivity index (χ1v) is 4.37. The van der Waals surface area contributed by atoms with Crippen molar-refractivity contribution in [2.75, 3.05) is 6.54 Å². The van der Waals surface area contributed by atoms with Crippen LogP contribution in [0, 0.1) is 0 Å². The van der Waals surface area contributed by atoms with Gasteiger partial charge in [0, 0.05) is 18.6 Å². The van der Waals surface area contributed by atoms with Gasteiger partial charge in [0.05, 0.1) is 11.7 Å². The first-order valence-electron chi connectivity index (χ1n) is 4.37. The summed E-state index contributed by atoms with van der Waals surface area (Å²) >= 11 is 0. The molecule has 0 spiro atoms. The molecule has 0 aromatic carbocycles. The maximum atomic E-state index is 4.24. The number of rotatable bonds is 4. The Morgan fingerprint density at radius 2 is 2.25 bits per heavy atom. The van der Waals surface area contributed by atoms with Crippen molar-refractivity contribution in [1.82, 2.24) is 15.3 Å². The van der Waals surface area contributed by atoms with E-state index < -0.39 is 0 Å². The molecule has 0 fully saturated rings. The predicted molar refractivity (Wildman–Crippen MR) is 48.7 cm³/mol. The van der Waals surface area contributed by atoms with Crippen LogP contribution in [0.3, 0.4) is 0 Å². The number of nitrogens with zero attached hydrogens (tertiary/aromatic N) is 2. The van der Waals surface area contributed by atoms with Gasteiger partial charge in [-0.3, -0.25) is 9.97 Å². The summed E-state index contributed by atoms with van der Waals surface area (Å²) in [7, 11) is 0. The maximum Gasteiger partial charge on any atom is 0.0755 e. The molecule has 1 rings (SSSR count). The minimum Gasteiger partial charge on any atom is -0.309 e. The quantitative estimate of drug-likeness (QED) is 0.735. The smallest absolute Gasteiger partial charge is 0.0755 e. The Bertz CT molecular complexity index is 210. The Morgan fingerprint density at radius 3 is 2.75 bits per heavy atom. The fraction of sp³-hybridized carbons (Fsp3) is 0.556. The maximum absolute atomic E-state index is 4.24. The Kier molecular flexibility index (Phi) is 3.67. The van der Waals surface area contributed by atoms with Gasteiger partial charge >= 0.3 is 0 Å². The van der Waals surface area contributed by atoms with Crippen LogP contribution in [0.1, 0.15) is 32.0 Å². The fourth-order valence-electron chi connectivity index (χ4n) is 1.20. The van der Waals surface area contributed by atoms with Crippen molar-refractivity contribution in [3.05, 3.63) is 24.3 Å². The molecule has 1 unspecified atom stereocenters. The molecule has 1 N–H and O–H groups in total. The average Bonchev–Trinajstić information content (AvgIpc) is 2.15. The van der Waals surface area contributed by atoms with Crippen LogP contribution >= 0.6 is 0 Å². The molecule has 3 nitrogen and oxygen atoms in total. The first-order chi connectivity index (χ1) is 5.88. The van der Waals surface area contributed by atoms with Crippen molar-refractivity contribution in [2.24, 2.45) is 0 Å². The lowest BCUT2D eigenvalue weighted by Crippen LogP contribution is -2.21. The molecule has 0 saturated carbocycles. The third-order valence-corrected chi connectivity index (χ3v) is 1.80. The molecule has 1 heterocycles. The summed E-state index contributed by atoms with van der Waals surface area (Å²) in [5, 5.41) is 3.35. The monoisotopic (exact) mass is 165 g/mol. The van der Waals surface area contributed by atoms with Crippen LogP contribution in [0.15, 0.2) is 18.6 Å². The lowest BCUT2D eigenvalue weighted by molar-refractivity contribution is 0.523. The van der Waals surface area contributed by atoms with Gasteiger partial charge in [0.2, 0.25) is 0 Å². The normalized spacial score (nSPS) is 12.8. The zero-order chi connectivity index (χ0) is 8.81. The standard InChI is InChI=1S/C9H15N3/c1-3-8(11-4-2)9-7-10-5-6-12-9/h5-8,11H,3-4H2,1-2H3. The van der Waals surface area contributed by atoms with Crippen molar-refractivity contribution in [1.29, 1.82) is 0 Å². The number of aromatic nitrogens is 2. The van der Waals surface area contributed by atoms with Crippen molar-refractivity contribution in [2.45, 2.75) is 26.3 Å². The highest BCUT2D eigenvalue weighted by molar-refractivity contribution is 5.01. The Balaban J connectivity index is 2.66. The second kappa shape index (κ2) is 4.83. The summed E-state index contributed by atoms with van der Waals surface area (Å²) in [5.41, 5.74) is 1.03. The van der Waals surface area contributed by atoms with E-state index in [4.69, 9.17) is 0 Å². The molecular formula is C9H15N3. The van der Waals surface area contributed by atoms with Crippen LogP contribution in [0.4, 0.5) is 0 Å². The third kappa shape index (κ3) is 2.27. The van der Waals surface area contributed by atoms with Gasteiger partial charge in [-0.15, -0.1) is 0 Å². The van der Waals surface area contributed by atoms with Crippen LogP contribution in [-0.4, -0.2) is 16.5 Å². The molecule has 1 atom stereocenters. The SMILES string of the molecule is CCNC(CC)c1cnccn1. The molecule has 0 aliphatic rings. The highest BCUT2D eigenvalue weighted by atomic mass is 14.9. The molecule has 0 aliphatic heterocycles. The molecule has 1 aromatic rings. The fourth-order valence-corrected chi connectivity index (χ4v) is 1.20. The van der Waals surface area contributed by atoms with Crippen molar-refractivity contribution in [3.8, 4) is 0 Å². The van der Waals surface area contributed by atoms with E-state index in [0.29, 0.717) is 6.04 Å². The van der Waals surface area contributed by atoms with E-state index in [2.05, 4.69) is 29.1 Å². The number of hydrogen-bond donors (Lipinski definition) is 1. The van der Waals surface area contributed by atoms with Gasteiger partial charge in [0.1, 0.15) is 0 Å². The van der Waals surface area contributed by atoms with E-state index >= 15 is 0 Å². The van der Waals surface area contributed by atoms with Crippen LogP contribution in [0.25, 0.3) is 0 Å². The molecular weight excluding hydrogens is 150 g/mol. The molecule has 66 valence electrons. The van der Waals surface area contributed by atoms with Crippen LogP contribution in [0.5, 0.6) is 0 Å². The number of hydrogen-bond acceptors (Lipinski definition) is 3. The zero-order valence-corrected chi connectivity index (χ0v) is 7.62. The van der Waals surface area contributed by atoms with Crippen LogP contribution in [-0.2, 0) is 0 Å². The molecule has 0 bridgehead atoms. The van der Waals surface area contributed by atoms with Crippen molar-refractivity contribution in [3.63, 3.8) is 0 Å². The largest absolute Gasteiger partial charge is 0.309 e. The summed E-state index contributed by atoms with van der Waals surface area (Å²) in [6, 6.07) is 0.351. The second-order valence-corrected chi connectivity index (χ2v) is 2.65. The predicted octanol–water partition coefficient (Wildman–Crippen LogP) is 1.54. The highest BCUT2D eigenvalue weighted by Crippen LogP contribution is 2.11. The molecule has 1 aromatic heterocycles. The van der Waals surface area contributed by atoms with E-state index in [9.17, 15) is 0 Å². The van der Waals surface area contributed by atoms with Crippen molar-refractivity contribution < 1.29 is 0 Å². The van der Waals surface area contributed by atoms with Crippen molar-refractivity contribution >= 4 is 0 Å². The molecule has 0 radical (unpaired) electrons. The average molecular weight is 165 g/mol. The molecule has 12 heavy (non-hydrogen) atoms. The molecule has 3 heteroatoms. The van der Waals surface area contributed by atoms with Gasteiger partial charge in [-0.1, -0.05) is 13.8 Å². The zero-order valence-electron chi connectivity index (χ0n) is 7.62. The summed E-state index contributed by atoms with van der Waals surface area (Å²) in [6.45, 7) is 5.20. The van der Waals surface area contributed by atoms with Gasteiger partial charge in [-0.2, -0.15) is 0 Å². The van der Waals surface area contributed by atoms with Gasteiger partial charge < -0.3 is 5.32 Å². The van der Waals surface area contributed by atoms with E-state index in [0.717, 1.165) is 18.7 Å². The lowest BCUT2D eigenvalue weighted by Gasteiger charge is -2.13. The van der Waals surface area contributed by atoms with Gasteiger partial charge in [-0.25, -0.2) is 0 Å². The minimum atomic E-state index is 0.351. The van der Waals surface area contributed by atoms with Crippen LogP contribution < -0.4 is 5.32 Å². The minimum absolute atomic E-state index is 0.351. The molecule has 0 saturated heterocycles. The summed E-state index contributed by atoms with van der Waals surface area (Å²) in [6.07, 6.45) is 6.29. The topological polar surface area (TPSA) is 37.8 Å². The molecule has 0 aliphatic carbocycles. The summed E-state index contributed by atoms with van der Waals surface area (Å²) in [4.78, 5) is 8.28. The lowest BCUT2D eigenvalue weighted by atomic mass is 10.1. The van der Waals surface area contributed by atoms with E-state index in [1.54, 1.807) is 12.4 Å². The van der Waals surface area contributed by atoms with Gasteiger partial charge in [0.25, 0.3) is 0 Å². The van der Waals surface area contributed by atoms with Gasteiger partial charge in [0.15, 0.2) is 0 Å². The second-order valence-electron chi connectivity index (χ2n) is 2.65. The van der Waals surface area contributed by atoms with E-state index in [1.807, 2.05) is 6.20 Å². The highest BCUT2D eigenvalue weighted by Gasteiger charge is 2.07. The van der Waals surface area contributed by atoms with E-state index in [-0.39, 0.29) is 0 Å². The molecule has 0 amide bonds. The van der Waals surface area contributed by atoms with E-state index in [1.165, 1.54) is 0 Å². The Labute approximate surface area is 73.2 Å². The first kappa shape index (κ1) is 9.13.